The van der Waals surface area contributed by atoms with Crippen LogP contribution in [0, 0.1) is 0 Å². The highest BCUT2D eigenvalue weighted by Crippen LogP contribution is 2.17. The second-order valence-corrected chi connectivity index (χ2v) is 7.44. The van der Waals surface area contributed by atoms with Gasteiger partial charge in [0.25, 0.3) is 0 Å². The molecule has 0 aliphatic heterocycles. The minimum absolute atomic E-state index is 0.158. The first-order chi connectivity index (χ1) is 11.4. The number of halogens is 1. The Morgan fingerprint density at radius 1 is 1.12 bits per heavy atom. The molecule has 24 heavy (non-hydrogen) atoms. The van der Waals surface area contributed by atoms with Gasteiger partial charge in [-0.1, -0.05) is 17.7 Å². The summed E-state index contributed by atoms with van der Waals surface area (Å²) < 4.78 is 28.7. The fourth-order valence-electron chi connectivity index (χ4n) is 2.13. The molecule has 0 amide bonds. The second kappa shape index (κ2) is 6.72. The van der Waals surface area contributed by atoms with Gasteiger partial charge in [0.1, 0.15) is 0 Å². The molecule has 0 saturated carbocycles. The molecule has 2 aromatic heterocycles. The molecule has 0 fully saturated rings. The smallest absolute Gasteiger partial charge is 0.240 e. The predicted molar refractivity (Wildman–Crippen MR) is 91.9 cm³/mol. The number of rotatable bonds is 5. The number of hydrogen-bond donors (Lipinski definition) is 1. The van der Waals surface area contributed by atoms with Gasteiger partial charge >= 0.3 is 0 Å². The molecule has 0 unspecified atom stereocenters. The van der Waals surface area contributed by atoms with E-state index in [1.54, 1.807) is 29.2 Å². The van der Waals surface area contributed by atoms with Crippen LogP contribution in [-0.2, 0) is 23.6 Å². The van der Waals surface area contributed by atoms with E-state index in [1.807, 2.05) is 25.4 Å². The average Bonchev–Trinajstić information content (AvgIpc) is 3.00. The van der Waals surface area contributed by atoms with E-state index in [2.05, 4.69) is 14.8 Å². The van der Waals surface area contributed by atoms with Crippen LogP contribution in [0.15, 0.2) is 59.9 Å². The summed E-state index contributed by atoms with van der Waals surface area (Å²) in [7, 11) is -1.75. The van der Waals surface area contributed by atoms with Crippen LogP contribution < -0.4 is 4.72 Å². The van der Waals surface area contributed by atoms with E-state index >= 15 is 0 Å². The lowest BCUT2D eigenvalue weighted by Crippen LogP contribution is -2.23. The van der Waals surface area contributed by atoms with E-state index in [0.29, 0.717) is 5.02 Å². The molecule has 0 radical (unpaired) electrons. The van der Waals surface area contributed by atoms with Crippen LogP contribution in [0.25, 0.3) is 11.3 Å². The molecule has 0 spiro atoms. The number of aromatic nitrogens is 3. The normalized spacial score (nSPS) is 11.6. The lowest BCUT2D eigenvalue weighted by Gasteiger charge is -2.07. The Balaban J connectivity index is 1.69. The van der Waals surface area contributed by atoms with Crippen molar-refractivity contribution in [2.75, 3.05) is 0 Å². The number of aryl methyl sites for hydroxylation is 1. The fraction of sp³-hybridized carbons (Fsp3) is 0.125. The van der Waals surface area contributed by atoms with Crippen molar-refractivity contribution in [3.05, 3.63) is 65.6 Å². The zero-order valence-electron chi connectivity index (χ0n) is 12.8. The van der Waals surface area contributed by atoms with Crippen LogP contribution in [0.4, 0.5) is 0 Å². The summed E-state index contributed by atoms with van der Waals surface area (Å²) in [6.45, 7) is 0.158. The van der Waals surface area contributed by atoms with Gasteiger partial charge in [-0.05, 0) is 35.9 Å². The monoisotopic (exact) mass is 362 g/mol. The first-order valence-electron chi connectivity index (χ1n) is 7.13. The minimum atomic E-state index is -3.58. The Morgan fingerprint density at radius 2 is 1.88 bits per heavy atom. The van der Waals surface area contributed by atoms with E-state index in [9.17, 15) is 8.42 Å². The molecule has 8 heteroatoms. The fourth-order valence-corrected chi connectivity index (χ4v) is 3.27. The molecular weight excluding hydrogens is 348 g/mol. The van der Waals surface area contributed by atoms with Gasteiger partial charge in [-0.25, -0.2) is 13.1 Å². The number of nitrogens with one attached hydrogen (secondary N) is 1. The van der Waals surface area contributed by atoms with Crippen molar-refractivity contribution >= 4 is 21.6 Å². The number of sulfonamides is 1. The summed E-state index contributed by atoms with van der Waals surface area (Å²) >= 11 is 5.77. The molecule has 0 bridgehead atoms. The van der Waals surface area contributed by atoms with Crippen molar-refractivity contribution in [3.63, 3.8) is 0 Å². The summed E-state index contributed by atoms with van der Waals surface area (Å²) in [6, 6.07) is 9.69. The molecule has 1 aromatic carbocycles. The zero-order chi connectivity index (χ0) is 17.2. The number of pyridine rings is 1. The van der Waals surface area contributed by atoms with Crippen LogP contribution in [0.2, 0.25) is 5.02 Å². The van der Waals surface area contributed by atoms with Crippen molar-refractivity contribution in [3.8, 4) is 11.3 Å². The van der Waals surface area contributed by atoms with Gasteiger partial charge in [-0.3, -0.25) is 9.67 Å². The first-order valence-corrected chi connectivity index (χ1v) is 8.99. The molecule has 124 valence electrons. The summed E-state index contributed by atoms with van der Waals surface area (Å²) in [6.07, 6.45) is 5.24. The Morgan fingerprint density at radius 3 is 2.46 bits per heavy atom. The second-order valence-electron chi connectivity index (χ2n) is 5.23. The van der Waals surface area contributed by atoms with E-state index in [1.165, 1.54) is 12.1 Å². The Hall–Kier alpha value is -2.22. The largest absolute Gasteiger partial charge is 0.275 e. The highest BCUT2D eigenvalue weighted by Gasteiger charge is 2.13. The van der Waals surface area contributed by atoms with Gasteiger partial charge in [-0.15, -0.1) is 0 Å². The lowest BCUT2D eigenvalue weighted by atomic mass is 10.2. The van der Waals surface area contributed by atoms with Gasteiger partial charge in [0.05, 0.1) is 16.8 Å². The van der Waals surface area contributed by atoms with Gasteiger partial charge in [0, 0.05) is 36.6 Å². The molecular formula is C16H15ClN4O2S. The summed E-state index contributed by atoms with van der Waals surface area (Å²) in [5, 5.41) is 4.59. The van der Waals surface area contributed by atoms with Gasteiger partial charge in [-0.2, -0.15) is 5.10 Å². The van der Waals surface area contributed by atoms with E-state index in [0.717, 1.165) is 16.8 Å². The zero-order valence-corrected chi connectivity index (χ0v) is 14.4. The topological polar surface area (TPSA) is 76.9 Å². The molecule has 0 aliphatic rings. The molecule has 0 saturated heterocycles. The quantitative estimate of drug-likeness (QED) is 0.756. The molecule has 3 aromatic rings. The summed E-state index contributed by atoms with van der Waals surface area (Å²) in [5.74, 6) is 0. The lowest BCUT2D eigenvalue weighted by molar-refractivity contribution is 0.581. The van der Waals surface area contributed by atoms with Crippen molar-refractivity contribution in [1.82, 2.24) is 19.5 Å². The third-order valence-electron chi connectivity index (χ3n) is 3.42. The number of hydrogen-bond acceptors (Lipinski definition) is 4. The van der Waals surface area contributed by atoms with Crippen LogP contribution >= 0.6 is 11.6 Å². The van der Waals surface area contributed by atoms with Crippen LogP contribution in [0.1, 0.15) is 5.56 Å². The van der Waals surface area contributed by atoms with E-state index in [4.69, 9.17) is 11.6 Å². The van der Waals surface area contributed by atoms with E-state index < -0.39 is 10.0 Å². The number of benzene rings is 1. The first kappa shape index (κ1) is 16.6. The number of nitrogens with zero attached hydrogens (tertiary/aromatic N) is 3. The van der Waals surface area contributed by atoms with Crippen LogP contribution in [0.5, 0.6) is 0 Å². The van der Waals surface area contributed by atoms with E-state index in [-0.39, 0.29) is 11.4 Å². The third kappa shape index (κ3) is 3.81. The maximum atomic E-state index is 12.2. The Bertz CT molecular complexity index is 935. The maximum absolute atomic E-state index is 12.2. The molecule has 0 aliphatic carbocycles. The Kier molecular flexibility index (Phi) is 4.66. The van der Waals surface area contributed by atoms with Gasteiger partial charge in [0.15, 0.2) is 0 Å². The van der Waals surface area contributed by atoms with Gasteiger partial charge in [0.2, 0.25) is 10.0 Å². The molecule has 2 heterocycles. The predicted octanol–water partition coefficient (Wildman–Crippen LogP) is 2.61. The van der Waals surface area contributed by atoms with Crippen LogP contribution in [-0.4, -0.2) is 23.2 Å². The summed E-state index contributed by atoms with van der Waals surface area (Å²) in [5.41, 5.74) is 2.46. The molecule has 0 atom stereocenters. The van der Waals surface area contributed by atoms with Crippen molar-refractivity contribution in [2.24, 2.45) is 7.05 Å². The summed E-state index contributed by atoms with van der Waals surface area (Å²) in [4.78, 5) is 4.51. The Labute approximate surface area is 145 Å². The standard InChI is InChI=1S/C16H15ClN4O2S/c1-21-11-13(10-19-21)16-7-2-12(8-18-16)9-20-24(22,23)15-5-3-14(17)4-6-15/h2-8,10-11,20H,9H2,1H3. The highest BCUT2D eigenvalue weighted by molar-refractivity contribution is 7.89. The average molecular weight is 363 g/mol. The molecule has 6 nitrogen and oxygen atoms in total. The molecule has 3 rings (SSSR count). The van der Waals surface area contributed by atoms with Crippen LogP contribution in [0.3, 0.4) is 0 Å². The van der Waals surface area contributed by atoms with Gasteiger partial charge < -0.3 is 0 Å². The molecule has 1 N–H and O–H groups in total. The third-order valence-corrected chi connectivity index (χ3v) is 5.08. The van der Waals surface area contributed by atoms with Crippen molar-refractivity contribution in [1.29, 1.82) is 0 Å². The minimum Gasteiger partial charge on any atom is -0.275 e. The maximum Gasteiger partial charge on any atom is 0.240 e. The van der Waals surface area contributed by atoms with Crippen molar-refractivity contribution < 1.29 is 8.42 Å². The highest BCUT2D eigenvalue weighted by atomic mass is 35.5. The van der Waals surface area contributed by atoms with Crippen molar-refractivity contribution in [2.45, 2.75) is 11.4 Å². The SMILES string of the molecule is Cn1cc(-c2ccc(CNS(=O)(=O)c3ccc(Cl)cc3)cn2)cn1.